The number of nitrogens with one attached hydrogen (secondary N) is 2. The number of hydrogen-bond acceptors (Lipinski definition) is 3. The summed E-state index contributed by atoms with van der Waals surface area (Å²) in [6.45, 7) is 5.43. The third kappa shape index (κ3) is 5.45. The highest BCUT2D eigenvalue weighted by Crippen LogP contribution is 2.21. The van der Waals surface area contributed by atoms with Crippen LogP contribution in [0.25, 0.3) is 10.9 Å². The molecule has 0 fully saturated rings. The Kier molecular flexibility index (Phi) is 7.21. The minimum Gasteiger partial charge on any atom is -0.355 e. The normalized spacial score (nSPS) is 11.5. The number of H-pyrrole nitrogens is 1. The molecule has 0 radical (unpaired) electrons. The number of hydrogen-bond donors (Lipinski definition) is 2. The van der Waals surface area contributed by atoms with Gasteiger partial charge in [-0.25, -0.2) is 0 Å². The van der Waals surface area contributed by atoms with Crippen LogP contribution >= 0.6 is 12.2 Å². The second-order valence-electron chi connectivity index (χ2n) is 8.27. The van der Waals surface area contributed by atoms with Gasteiger partial charge >= 0.3 is 0 Å². The molecule has 1 heterocycles. The SMILES string of the molecule is CC(C)(CNC(=O)CCCCCn1c(=S)[nH]c2ccccc2c1=O)c1ccccc1. The van der Waals surface area contributed by atoms with Crippen molar-refractivity contribution in [1.82, 2.24) is 14.9 Å². The summed E-state index contributed by atoms with van der Waals surface area (Å²) < 4.78 is 2.06. The van der Waals surface area contributed by atoms with Gasteiger partial charge in [0, 0.05) is 24.9 Å². The van der Waals surface area contributed by atoms with E-state index < -0.39 is 0 Å². The van der Waals surface area contributed by atoms with Crippen LogP contribution in [0.15, 0.2) is 59.4 Å². The number of unbranched alkanes of at least 4 members (excludes halogenated alkanes) is 2. The summed E-state index contributed by atoms with van der Waals surface area (Å²) in [7, 11) is 0. The number of rotatable bonds is 9. The van der Waals surface area contributed by atoms with Gasteiger partial charge in [-0.2, -0.15) is 0 Å². The Morgan fingerprint density at radius 3 is 2.50 bits per heavy atom. The molecule has 0 bridgehead atoms. The number of aromatic amines is 1. The first-order valence-electron chi connectivity index (χ1n) is 10.4. The third-order valence-corrected chi connectivity index (χ3v) is 5.78. The van der Waals surface area contributed by atoms with Gasteiger partial charge in [0.25, 0.3) is 5.56 Å². The van der Waals surface area contributed by atoms with Crippen LogP contribution in [-0.4, -0.2) is 22.0 Å². The van der Waals surface area contributed by atoms with Gasteiger partial charge in [-0.15, -0.1) is 0 Å². The number of nitrogens with zero attached hydrogens (tertiary/aromatic N) is 1. The second-order valence-corrected chi connectivity index (χ2v) is 8.66. The maximum atomic E-state index is 12.6. The predicted octanol–water partition coefficient (Wildman–Crippen LogP) is 4.71. The molecule has 0 unspecified atom stereocenters. The van der Waals surface area contributed by atoms with Crippen LogP contribution in [0.3, 0.4) is 0 Å². The average Bonchev–Trinajstić information content (AvgIpc) is 2.75. The van der Waals surface area contributed by atoms with Crippen LogP contribution in [0, 0.1) is 4.77 Å². The van der Waals surface area contributed by atoms with Crippen molar-refractivity contribution in [2.45, 2.75) is 51.5 Å². The van der Waals surface area contributed by atoms with Crippen LogP contribution in [0.5, 0.6) is 0 Å². The lowest BCUT2D eigenvalue weighted by molar-refractivity contribution is -0.121. The van der Waals surface area contributed by atoms with Crippen LogP contribution in [0.1, 0.15) is 45.1 Å². The number of benzene rings is 2. The Bertz CT molecular complexity index is 1120. The van der Waals surface area contributed by atoms with E-state index in [-0.39, 0.29) is 16.9 Å². The highest BCUT2D eigenvalue weighted by Gasteiger charge is 2.20. The summed E-state index contributed by atoms with van der Waals surface area (Å²) in [5.41, 5.74) is 1.81. The summed E-state index contributed by atoms with van der Waals surface area (Å²) in [5.74, 6) is 0.0687. The van der Waals surface area contributed by atoms with Crippen molar-refractivity contribution >= 4 is 29.0 Å². The molecule has 1 amide bonds. The zero-order chi connectivity index (χ0) is 21.6. The fraction of sp³-hybridized carbons (Fsp3) is 0.375. The summed E-state index contributed by atoms with van der Waals surface area (Å²) in [6.07, 6.45) is 2.95. The van der Waals surface area contributed by atoms with Crippen LogP contribution in [0.2, 0.25) is 0 Å². The molecule has 5 nitrogen and oxygen atoms in total. The molecule has 0 aliphatic carbocycles. The number of amides is 1. The number of aromatic nitrogens is 2. The molecule has 0 saturated heterocycles. The average molecular weight is 424 g/mol. The van der Waals surface area contributed by atoms with Crippen molar-refractivity contribution < 1.29 is 4.79 Å². The predicted molar refractivity (Wildman–Crippen MR) is 124 cm³/mol. The van der Waals surface area contributed by atoms with Gasteiger partial charge in [-0.3, -0.25) is 14.2 Å². The summed E-state index contributed by atoms with van der Waals surface area (Å²) in [4.78, 5) is 28.0. The minimum absolute atomic E-state index is 0.0600. The number of carbonyl (C=O) groups is 1. The van der Waals surface area contributed by atoms with Crippen molar-refractivity contribution in [2.75, 3.05) is 6.54 Å². The highest BCUT2D eigenvalue weighted by molar-refractivity contribution is 7.71. The summed E-state index contributed by atoms with van der Waals surface area (Å²) >= 11 is 5.34. The largest absolute Gasteiger partial charge is 0.355 e. The Balaban J connectivity index is 1.43. The van der Waals surface area contributed by atoms with Crippen molar-refractivity contribution in [3.05, 3.63) is 75.3 Å². The molecule has 0 aliphatic rings. The molecule has 2 N–H and O–H groups in total. The quantitative estimate of drug-likeness (QED) is 0.387. The monoisotopic (exact) mass is 423 g/mol. The Morgan fingerprint density at radius 1 is 1.03 bits per heavy atom. The first kappa shape index (κ1) is 22.0. The van der Waals surface area contributed by atoms with Gasteiger partial charge in [-0.05, 0) is 42.8 Å². The van der Waals surface area contributed by atoms with Crippen molar-refractivity contribution in [3.8, 4) is 0 Å². The van der Waals surface area contributed by atoms with Crippen molar-refractivity contribution in [1.29, 1.82) is 0 Å². The van der Waals surface area contributed by atoms with E-state index in [0.29, 0.717) is 29.7 Å². The molecule has 6 heteroatoms. The fourth-order valence-corrected chi connectivity index (χ4v) is 3.82. The molecular weight excluding hydrogens is 394 g/mol. The maximum absolute atomic E-state index is 12.6. The first-order chi connectivity index (χ1) is 14.4. The number of fused-ring (bicyclic) bond motifs is 1. The van der Waals surface area contributed by atoms with Gasteiger partial charge in [0.2, 0.25) is 5.91 Å². The Hall–Kier alpha value is -2.73. The van der Waals surface area contributed by atoms with E-state index in [1.807, 2.05) is 36.4 Å². The van der Waals surface area contributed by atoms with E-state index in [1.54, 1.807) is 10.6 Å². The van der Waals surface area contributed by atoms with Gasteiger partial charge in [-0.1, -0.05) is 62.7 Å². The van der Waals surface area contributed by atoms with Crippen LogP contribution < -0.4 is 10.9 Å². The van der Waals surface area contributed by atoms with E-state index >= 15 is 0 Å². The summed E-state index contributed by atoms with van der Waals surface area (Å²) in [5, 5.41) is 3.70. The van der Waals surface area contributed by atoms with E-state index in [0.717, 1.165) is 24.8 Å². The third-order valence-electron chi connectivity index (χ3n) is 5.46. The Morgan fingerprint density at radius 2 is 1.73 bits per heavy atom. The van der Waals surface area contributed by atoms with Gasteiger partial charge in [0.1, 0.15) is 0 Å². The minimum atomic E-state index is -0.107. The van der Waals surface area contributed by atoms with Gasteiger partial charge in [0.15, 0.2) is 4.77 Å². The molecule has 0 spiro atoms. The molecule has 3 rings (SSSR count). The second kappa shape index (κ2) is 9.85. The summed E-state index contributed by atoms with van der Waals surface area (Å²) in [6, 6.07) is 17.6. The zero-order valence-electron chi connectivity index (χ0n) is 17.6. The maximum Gasteiger partial charge on any atom is 0.262 e. The van der Waals surface area contributed by atoms with E-state index in [2.05, 4.69) is 36.3 Å². The fourth-order valence-electron chi connectivity index (χ4n) is 3.53. The molecule has 30 heavy (non-hydrogen) atoms. The number of para-hydroxylation sites is 1. The van der Waals surface area contributed by atoms with E-state index in [1.165, 1.54) is 5.56 Å². The van der Waals surface area contributed by atoms with Crippen molar-refractivity contribution in [3.63, 3.8) is 0 Å². The molecule has 3 aromatic rings. The molecule has 158 valence electrons. The molecule has 0 aliphatic heterocycles. The molecule has 2 aromatic carbocycles. The lowest BCUT2D eigenvalue weighted by Crippen LogP contribution is -2.36. The Labute approximate surface area is 182 Å². The topological polar surface area (TPSA) is 66.9 Å². The van der Waals surface area contributed by atoms with Crippen LogP contribution in [0.4, 0.5) is 0 Å². The van der Waals surface area contributed by atoms with Gasteiger partial charge < -0.3 is 10.3 Å². The highest BCUT2D eigenvalue weighted by atomic mass is 32.1. The van der Waals surface area contributed by atoms with E-state index in [4.69, 9.17) is 12.2 Å². The van der Waals surface area contributed by atoms with Crippen LogP contribution in [-0.2, 0) is 16.8 Å². The lowest BCUT2D eigenvalue weighted by atomic mass is 9.84. The molecular formula is C24H29N3O2S. The molecule has 1 aromatic heterocycles. The standard InChI is InChI=1S/C24H29N3O2S/c1-24(2,18-11-5-3-6-12-18)17-25-21(28)15-7-4-10-16-27-22(29)19-13-8-9-14-20(19)26-23(27)30/h3,5-6,8-9,11-14H,4,7,10,15-17H2,1-2H3,(H,25,28)(H,26,30). The smallest absolute Gasteiger partial charge is 0.262 e. The van der Waals surface area contributed by atoms with Gasteiger partial charge in [0.05, 0.1) is 10.9 Å². The zero-order valence-corrected chi connectivity index (χ0v) is 18.4. The number of carbonyl (C=O) groups excluding carboxylic acids is 1. The van der Waals surface area contributed by atoms with E-state index in [9.17, 15) is 9.59 Å². The molecule has 0 saturated carbocycles. The first-order valence-corrected chi connectivity index (χ1v) is 10.8. The molecule has 0 atom stereocenters. The van der Waals surface area contributed by atoms with Crippen molar-refractivity contribution in [2.24, 2.45) is 0 Å². The lowest BCUT2D eigenvalue weighted by Gasteiger charge is -2.25.